The maximum atomic E-state index is 10.5. The van der Waals surface area contributed by atoms with Crippen LogP contribution in [0.1, 0.15) is 30.9 Å². The minimum atomic E-state index is -0.383. The zero-order valence-corrected chi connectivity index (χ0v) is 8.39. The lowest BCUT2D eigenvalue weighted by atomic mass is 10.0. The molecule has 1 aromatic rings. The molecule has 0 N–H and O–H groups in total. The summed E-state index contributed by atoms with van der Waals surface area (Å²) in [7, 11) is 0. The Labute approximate surface area is 88.0 Å². The van der Waals surface area contributed by atoms with Crippen LogP contribution in [-0.4, -0.2) is 11.5 Å². The van der Waals surface area contributed by atoms with Gasteiger partial charge in [0, 0.05) is 18.7 Å². The summed E-state index contributed by atoms with van der Waals surface area (Å²) in [6.07, 6.45) is 3.42. The molecule has 1 heterocycles. The van der Waals surface area contributed by atoms with Gasteiger partial charge in [0.05, 0.1) is 11.0 Å². The topological polar surface area (TPSA) is 52.4 Å². The Hall–Kier alpha value is -1.42. The number of ether oxygens (including phenoxy) is 1. The molecule has 4 heteroatoms. The van der Waals surface area contributed by atoms with E-state index >= 15 is 0 Å². The van der Waals surface area contributed by atoms with Gasteiger partial charge in [0.2, 0.25) is 0 Å². The zero-order chi connectivity index (χ0) is 10.7. The Morgan fingerprint density at radius 3 is 2.53 bits per heavy atom. The minimum absolute atomic E-state index is 0.125. The second kappa shape index (κ2) is 4.40. The number of hydrogen-bond acceptors (Lipinski definition) is 3. The summed E-state index contributed by atoms with van der Waals surface area (Å²) in [6.45, 7) is 0.793. The van der Waals surface area contributed by atoms with Crippen LogP contribution in [-0.2, 0) is 4.74 Å². The third kappa shape index (κ3) is 2.33. The van der Waals surface area contributed by atoms with Gasteiger partial charge in [-0.05, 0) is 37.0 Å². The molecule has 1 aliphatic rings. The molecule has 1 unspecified atom stereocenters. The van der Waals surface area contributed by atoms with Gasteiger partial charge < -0.3 is 4.74 Å². The van der Waals surface area contributed by atoms with Crippen molar-refractivity contribution in [1.29, 1.82) is 0 Å². The van der Waals surface area contributed by atoms with Crippen molar-refractivity contribution >= 4 is 5.69 Å². The normalized spacial score (nSPS) is 21.2. The van der Waals surface area contributed by atoms with Crippen LogP contribution in [0.4, 0.5) is 5.69 Å². The fourth-order valence-corrected chi connectivity index (χ4v) is 1.81. The van der Waals surface area contributed by atoms with Crippen LogP contribution >= 0.6 is 0 Å². The molecular formula is C11H13NO3. The average molecular weight is 207 g/mol. The van der Waals surface area contributed by atoms with E-state index in [0.29, 0.717) is 0 Å². The predicted octanol–water partition coefficient (Wildman–Crippen LogP) is 2.84. The van der Waals surface area contributed by atoms with Crippen molar-refractivity contribution in [3.8, 4) is 0 Å². The second-order valence-electron chi connectivity index (χ2n) is 3.70. The Balaban J connectivity index is 2.11. The van der Waals surface area contributed by atoms with Crippen molar-refractivity contribution in [1.82, 2.24) is 0 Å². The summed E-state index contributed by atoms with van der Waals surface area (Å²) in [4.78, 5) is 10.1. The summed E-state index contributed by atoms with van der Waals surface area (Å²) in [5.74, 6) is 0. The van der Waals surface area contributed by atoms with Gasteiger partial charge in [-0.3, -0.25) is 10.1 Å². The molecule has 0 radical (unpaired) electrons. The average Bonchev–Trinajstić information content (AvgIpc) is 2.30. The smallest absolute Gasteiger partial charge is 0.269 e. The van der Waals surface area contributed by atoms with E-state index in [4.69, 9.17) is 4.74 Å². The van der Waals surface area contributed by atoms with Gasteiger partial charge >= 0.3 is 0 Å². The molecular weight excluding hydrogens is 194 g/mol. The van der Waals surface area contributed by atoms with E-state index in [1.165, 1.54) is 18.6 Å². The van der Waals surface area contributed by atoms with E-state index in [9.17, 15) is 10.1 Å². The SMILES string of the molecule is O=[N+]([O-])c1ccc(C2CCCCO2)cc1. The molecule has 0 amide bonds. The standard InChI is InChI=1S/C11H13NO3/c13-12(14)10-6-4-9(5-7-10)11-3-1-2-8-15-11/h4-7,11H,1-3,8H2. The Morgan fingerprint density at radius 2 is 2.00 bits per heavy atom. The lowest BCUT2D eigenvalue weighted by Crippen LogP contribution is -2.11. The van der Waals surface area contributed by atoms with Crippen LogP contribution in [0, 0.1) is 10.1 Å². The maximum absolute atomic E-state index is 10.5. The Bertz CT molecular complexity index is 341. The van der Waals surface area contributed by atoms with Crippen LogP contribution in [0.15, 0.2) is 24.3 Å². The Morgan fingerprint density at radius 1 is 1.27 bits per heavy atom. The highest BCUT2D eigenvalue weighted by atomic mass is 16.6. The molecule has 0 aromatic heterocycles. The van der Waals surface area contributed by atoms with E-state index in [-0.39, 0.29) is 16.7 Å². The summed E-state index contributed by atoms with van der Waals surface area (Å²) in [5.41, 5.74) is 1.18. The Kier molecular flexibility index (Phi) is 2.97. The van der Waals surface area contributed by atoms with Gasteiger partial charge in [0.25, 0.3) is 5.69 Å². The van der Waals surface area contributed by atoms with Crippen molar-refractivity contribution in [2.45, 2.75) is 25.4 Å². The fourth-order valence-electron chi connectivity index (χ4n) is 1.81. The van der Waals surface area contributed by atoms with Crippen LogP contribution in [0.25, 0.3) is 0 Å². The van der Waals surface area contributed by atoms with Gasteiger partial charge in [-0.15, -0.1) is 0 Å². The number of benzene rings is 1. The first-order chi connectivity index (χ1) is 7.27. The van der Waals surface area contributed by atoms with E-state index in [1.54, 1.807) is 12.1 Å². The molecule has 1 fully saturated rings. The summed E-state index contributed by atoms with van der Waals surface area (Å²) < 4.78 is 5.59. The lowest BCUT2D eigenvalue weighted by molar-refractivity contribution is -0.384. The predicted molar refractivity (Wildman–Crippen MR) is 55.6 cm³/mol. The van der Waals surface area contributed by atoms with Crippen LogP contribution in [0.5, 0.6) is 0 Å². The van der Waals surface area contributed by atoms with Crippen molar-refractivity contribution in [2.75, 3.05) is 6.61 Å². The molecule has 0 saturated carbocycles. The van der Waals surface area contributed by atoms with Crippen molar-refractivity contribution in [3.63, 3.8) is 0 Å². The van der Waals surface area contributed by atoms with Crippen molar-refractivity contribution < 1.29 is 9.66 Å². The van der Waals surface area contributed by atoms with Gasteiger partial charge in [-0.2, -0.15) is 0 Å². The molecule has 2 rings (SSSR count). The van der Waals surface area contributed by atoms with E-state index in [2.05, 4.69) is 0 Å². The fraction of sp³-hybridized carbons (Fsp3) is 0.455. The molecule has 4 nitrogen and oxygen atoms in total. The number of rotatable bonds is 2. The van der Waals surface area contributed by atoms with E-state index < -0.39 is 0 Å². The molecule has 80 valence electrons. The first kappa shape index (κ1) is 10.1. The van der Waals surface area contributed by atoms with Crippen LogP contribution < -0.4 is 0 Å². The lowest BCUT2D eigenvalue weighted by Gasteiger charge is -2.22. The van der Waals surface area contributed by atoms with Crippen molar-refractivity contribution in [2.24, 2.45) is 0 Å². The van der Waals surface area contributed by atoms with Crippen LogP contribution in [0.3, 0.4) is 0 Å². The molecule has 15 heavy (non-hydrogen) atoms. The van der Waals surface area contributed by atoms with E-state index in [0.717, 1.165) is 25.0 Å². The van der Waals surface area contributed by atoms with Crippen molar-refractivity contribution in [3.05, 3.63) is 39.9 Å². The number of nitro benzene ring substituents is 1. The van der Waals surface area contributed by atoms with Gasteiger partial charge in [0.1, 0.15) is 0 Å². The largest absolute Gasteiger partial charge is 0.374 e. The summed E-state index contributed by atoms with van der Waals surface area (Å²) in [5, 5.41) is 10.5. The number of non-ortho nitro benzene ring substituents is 1. The zero-order valence-electron chi connectivity index (χ0n) is 8.39. The van der Waals surface area contributed by atoms with Crippen LogP contribution in [0.2, 0.25) is 0 Å². The highest BCUT2D eigenvalue weighted by molar-refractivity contribution is 5.33. The van der Waals surface area contributed by atoms with Gasteiger partial charge in [0.15, 0.2) is 0 Å². The highest BCUT2D eigenvalue weighted by Gasteiger charge is 2.16. The highest BCUT2D eigenvalue weighted by Crippen LogP contribution is 2.28. The summed E-state index contributed by atoms with van der Waals surface area (Å²) >= 11 is 0. The molecule has 0 spiro atoms. The molecule has 1 aliphatic heterocycles. The first-order valence-electron chi connectivity index (χ1n) is 5.13. The number of nitro groups is 1. The third-order valence-corrected chi connectivity index (χ3v) is 2.66. The third-order valence-electron chi connectivity index (χ3n) is 2.66. The minimum Gasteiger partial charge on any atom is -0.374 e. The quantitative estimate of drug-likeness (QED) is 0.553. The monoisotopic (exact) mass is 207 g/mol. The molecule has 1 atom stereocenters. The number of hydrogen-bond donors (Lipinski definition) is 0. The van der Waals surface area contributed by atoms with E-state index in [1.807, 2.05) is 0 Å². The molecule has 0 bridgehead atoms. The molecule has 1 aromatic carbocycles. The van der Waals surface area contributed by atoms with Gasteiger partial charge in [-0.25, -0.2) is 0 Å². The first-order valence-corrected chi connectivity index (χ1v) is 5.13. The molecule has 0 aliphatic carbocycles. The summed E-state index contributed by atoms with van der Waals surface area (Å²) in [6, 6.07) is 6.64. The van der Waals surface area contributed by atoms with Gasteiger partial charge in [-0.1, -0.05) is 0 Å². The molecule has 1 saturated heterocycles. The number of nitrogens with zero attached hydrogens (tertiary/aromatic N) is 1. The second-order valence-corrected chi connectivity index (χ2v) is 3.70. The maximum Gasteiger partial charge on any atom is 0.269 e.